The Morgan fingerprint density at radius 1 is 1.08 bits per heavy atom. The second kappa shape index (κ2) is 7.94. The van der Waals surface area contributed by atoms with Gasteiger partial charge in [0.1, 0.15) is 5.75 Å². The number of allylic oxidation sites excluding steroid dienone is 1. The SMILES string of the molecule is CC=CC(=O)OCCCOc1ccc2sc3ccccc3c(=O)c2c1. The molecule has 0 saturated carbocycles. The first-order chi connectivity index (χ1) is 12.2. The lowest BCUT2D eigenvalue weighted by atomic mass is 10.2. The molecule has 0 saturated heterocycles. The van der Waals surface area contributed by atoms with Gasteiger partial charge in [-0.1, -0.05) is 18.2 Å². The molecule has 0 aliphatic heterocycles. The van der Waals surface area contributed by atoms with E-state index < -0.39 is 0 Å². The Bertz CT molecular complexity index is 988. The molecule has 0 aliphatic carbocycles. The summed E-state index contributed by atoms with van der Waals surface area (Å²) in [5.74, 6) is 0.296. The molecule has 3 aromatic rings. The fourth-order valence-corrected chi connectivity index (χ4v) is 3.53. The van der Waals surface area contributed by atoms with Crippen LogP contribution in [0.4, 0.5) is 0 Å². The van der Waals surface area contributed by atoms with E-state index in [1.165, 1.54) is 6.08 Å². The first-order valence-electron chi connectivity index (χ1n) is 8.07. The fourth-order valence-electron chi connectivity index (χ4n) is 2.48. The van der Waals surface area contributed by atoms with Gasteiger partial charge in [-0.2, -0.15) is 0 Å². The molecule has 0 spiro atoms. The molecule has 0 aliphatic rings. The first kappa shape index (κ1) is 17.2. The number of ether oxygens (including phenoxy) is 2. The summed E-state index contributed by atoms with van der Waals surface area (Å²) >= 11 is 1.59. The van der Waals surface area contributed by atoms with Crippen molar-refractivity contribution >= 4 is 37.5 Å². The molecule has 0 radical (unpaired) electrons. The molecular weight excluding hydrogens is 336 g/mol. The Morgan fingerprint density at radius 2 is 1.88 bits per heavy atom. The quantitative estimate of drug-likeness (QED) is 0.287. The smallest absolute Gasteiger partial charge is 0.330 e. The van der Waals surface area contributed by atoms with Crippen molar-refractivity contribution in [1.29, 1.82) is 0 Å². The second-order valence-electron chi connectivity index (χ2n) is 5.45. The summed E-state index contributed by atoms with van der Waals surface area (Å²) in [7, 11) is 0. The number of rotatable bonds is 6. The Morgan fingerprint density at radius 3 is 2.72 bits per heavy atom. The van der Waals surface area contributed by atoms with Gasteiger partial charge in [0.05, 0.1) is 13.2 Å². The molecule has 0 fully saturated rings. The highest BCUT2D eigenvalue weighted by atomic mass is 32.1. The standard InChI is InChI=1S/C20H18O4S/c1-2-6-19(21)24-12-5-11-23-14-9-10-18-16(13-14)20(22)15-7-3-4-8-17(15)25-18/h2-4,6-10,13H,5,11-12H2,1H3. The second-order valence-corrected chi connectivity index (χ2v) is 6.54. The van der Waals surface area contributed by atoms with Crippen LogP contribution in [0.15, 0.2) is 59.4 Å². The van der Waals surface area contributed by atoms with E-state index in [1.54, 1.807) is 30.4 Å². The largest absolute Gasteiger partial charge is 0.493 e. The van der Waals surface area contributed by atoms with Gasteiger partial charge in [0, 0.05) is 32.7 Å². The molecule has 25 heavy (non-hydrogen) atoms. The van der Waals surface area contributed by atoms with E-state index in [-0.39, 0.29) is 11.4 Å². The van der Waals surface area contributed by atoms with Crippen LogP contribution in [0.5, 0.6) is 5.75 Å². The van der Waals surface area contributed by atoms with Gasteiger partial charge in [-0.15, -0.1) is 11.3 Å². The molecule has 128 valence electrons. The van der Waals surface area contributed by atoms with E-state index >= 15 is 0 Å². The maximum atomic E-state index is 12.6. The van der Waals surface area contributed by atoms with Crippen LogP contribution in [0.3, 0.4) is 0 Å². The number of fused-ring (bicyclic) bond motifs is 2. The average molecular weight is 354 g/mol. The number of hydrogen-bond donors (Lipinski definition) is 0. The van der Waals surface area contributed by atoms with E-state index in [9.17, 15) is 9.59 Å². The van der Waals surface area contributed by atoms with E-state index in [4.69, 9.17) is 9.47 Å². The Hall–Kier alpha value is -2.66. The van der Waals surface area contributed by atoms with Crippen LogP contribution in [0.25, 0.3) is 20.2 Å². The molecule has 3 rings (SSSR count). The number of benzene rings is 2. The third-order valence-electron chi connectivity index (χ3n) is 3.65. The van der Waals surface area contributed by atoms with Crippen LogP contribution in [0.1, 0.15) is 13.3 Å². The van der Waals surface area contributed by atoms with Crippen LogP contribution < -0.4 is 10.2 Å². The van der Waals surface area contributed by atoms with Gasteiger partial charge in [-0.3, -0.25) is 4.79 Å². The van der Waals surface area contributed by atoms with Crippen LogP contribution >= 0.6 is 11.3 Å². The molecule has 0 amide bonds. The maximum Gasteiger partial charge on any atom is 0.330 e. The zero-order valence-corrected chi connectivity index (χ0v) is 14.7. The van der Waals surface area contributed by atoms with Crippen molar-refractivity contribution in [3.05, 3.63) is 64.8 Å². The third-order valence-corrected chi connectivity index (χ3v) is 4.80. The van der Waals surface area contributed by atoms with Gasteiger partial charge in [0.15, 0.2) is 5.43 Å². The number of carbonyl (C=O) groups excluding carboxylic acids is 1. The van der Waals surface area contributed by atoms with Crippen molar-refractivity contribution in [2.45, 2.75) is 13.3 Å². The molecule has 0 N–H and O–H groups in total. The van der Waals surface area contributed by atoms with Gasteiger partial charge in [-0.25, -0.2) is 4.79 Å². The van der Waals surface area contributed by atoms with Gasteiger partial charge in [0.2, 0.25) is 0 Å². The maximum absolute atomic E-state index is 12.6. The van der Waals surface area contributed by atoms with E-state index in [1.807, 2.05) is 36.4 Å². The van der Waals surface area contributed by atoms with E-state index in [0.717, 1.165) is 14.8 Å². The molecule has 4 nitrogen and oxygen atoms in total. The minimum absolute atomic E-state index is 0.0232. The van der Waals surface area contributed by atoms with E-state index in [2.05, 4.69) is 0 Å². The highest BCUT2D eigenvalue weighted by Crippen LogP contribution is 2.27. The van der Waals surface area contributed by atoms with Crippen molar-refractivity contribution in [1.82, 2.24) is 0 Å². The van der Waals surface area contributed by atoms with Crippen LogP contribution in [0, 0.1) is 0 Å². The van der Waals surface area contributed by atoms with Crippen LogP contribution in [0.2, 0.25) is 0 Å². The Balaban J connectivity index is 1.69. The summed E-state index contributed by atoms with van der Waals surface area (Å²) in [5, 5.41) is 1.40. The minimum atomic E-state index is -0.349. The highest BCUT2D eigenvalue weighted by molar-refractivity contribution is 7.24. The third kappa shape index (κ3) is 4.06. The zero-order valence-electron chi connectivity index (χ0n) is 13.9. The monoisotopic (exact) mass is 354 g/mol. The van der Waals surface area contributed by atoms with Gasteiger partial charge >= 0.3 is 5.97 Å². The molecule has 2 aromatic carbocycles. The first-order valence-corrected chi connectivity index (χ1v) is 8.88. The lowest BCUT2D eigenvalue weighted by molar-refractivity contribution is -0.137. The van der Waals surface area contributed by atoms with Gasteiger partial charge in [0.25, 0.3) is 0 Å². The predicted molar refractivity (Wildman–Crippen MR) is 101 cm³/mol. The summed E-state index contributed by atoms with van der Waals surface area (Å²) in [5.41, 5.74) is 0.0232. The zero-order chi connectivity index (χ0) is 17.6. The summed E-state index contributed by atoms with van der Waals surface area (Å²) in [6.45, 7) is 2.48. The normalized spacial score (nSPS) is 11.2. The number of esters is 1. The molecule has 0 unspecified atom stereocenters. The molecule has 0 bridgehead atoms. The van der Waals surface area contributed by atoms with Crippen molar-refractivity contribution in [2.24, 2.45) is 0 Å². The molecule has 0 atom stereocenters. The summed E-state index contributed by atoms with van der Waals surface area (Å²) in [6, 6.07) is 13.2. The fraction of sp³-hybridized carbons (Fsp3) is 0.200. The van der Waals surface area contributed by atoms with Crippen molar-refractivity contribution in [3.63, 3.8) is 0 Å². The van der Waals surface area contributed by atoms with Crippen molar-refractivity contribution in [3.8, 4) is 5.75 Å². The highest BCUT2D eigenvalue weighted by Gasteiger charge is 2.07. The van der Waals surface area contributed by atoms with E-state index in [0.29, 0.717) is 30.8 Å². The predicted octanol–water partition coefficient (Wildman–Crippen LogP) is 4.30. The average Bonchev–Trinajstić information content (AvgIpc) is 2.62. The van der Waals surface area contributed by atoms with Crippen molar-refractivity contribution < 1.29 is 14.3 Å². The number of carbonyl (C=O) groups is 1. The van der Waals surface area contributed by atoms with Crippen LogP contribution in [-0.2, 0) is 9.53 Å². The van der Waals surface area contributed by atoms with Gasteiger partial charge < -0.3 is 9.47 Å². The molecule has 1 heterocycles. The van der Waals surface area contributed by atoms with Crippen molar-refractivity contribution in [2.75, 3.05) is 13.2 Å². The summed E-state index contributed by atoms with van der Waals surface area (Å²) in [4.78, 5) is 23.8. The Kier molecular flexibility index (Phi) is 5.46. The number of hydrogen-bond acceptors (Lipinski definition) is 5. The Labute approximate surface area is 149 Å². The summed E-state index contributed by atoms with van der Waals surface area (Å²) < 4.78 is 12.6. The summed E-state index contributed by atoms with van der Waals surface area (Å²) in [6.07, 6.45) is 3.61. The lowest BCUT2D eigenvalue weighted by Gasteiger charge is -2.08. The molecule has 1 aromatic heterocycles. The van der Waals surface area contributed by atoms with Crippen LogP contribution in [-0.4, -0.2) is 19.2 Å². The molecule has 5 heteroatoms. The topological polar surface area (TPSA) is 52.6 Å². The van der Waals surface area contributed by atoms with Gasteiger partial charge in [-0.05, 0) is 37.3 Å². The lowest BCUT2D eigenvalue weighted by Crippen LogP contribution is -2.07. The minimum Gasteiger partial charge on any atom is -0.493 e. The molecular formula is C20H18O4S.